The van der Waals surface area contributed by atoms with Crippen LogP contribution in [0.15, 0.2) is 83.8 Å². The van der Waals surface area contributed by atoms with Gasteiger partial charge in [-0.2, -0.15) is 0 Å². The van der Waals surface area contributed by atoms with Gasteiger partial charge < -0.3 is 16.0 Å². The van der Waals surface area contributed by atoms with Crippen molar-refractivity contribution in [2.24, 2.45) is 0 Å². The van der Waals surface area contributed by atoms with Crippen LogP contribution in [0, 0.1) is 0 Å². The first-order chi connectivity index (χ1) is 17.9. The van der Waals surface area contributed by atoms with Crippen molar-refractivity contribution in [2.45, 2.75) is 32.2 Å². The highest BCUT2D eigenvalue weighted by molar-refractivity contribution is 8.26. The molecule has 1 aliphatic rings. The predicted molar refractivity (Wildman–Crippen MR) is 153 cm³/mol. The maximum Gasteiger partial charge on any atom is 0.263 e. The first kappa shape index (κ1) is 26.3. The predicted octanol–water partition coefficient (Wildman–Crippen LogP) is 5.11. The number of carbonyl (C=O) groups is 3. The molecule has 0 saturated carbocycles. The molecule has 1 fully saturated rings. The quantitative estimate of drug-likeness (QED) is 0.265. The number of hydrogen-bond acceptors (Lipinski definition) is 5. The van der Waals surface area contributed by atoms with Crippen molar-refractivity contribution >= 4 is 57.8 Å². The molecule has 3 N–H and O–H groups in total. The number of hydrogen-bond donors (Lipinski definition) is 3. The van der Waals surface area contributed by atoms with Crippen LogP contribution < -0.4 is 16.0 Å². The minimum absolute atomic E-state index is 0.230. The molecule has 188 valence electrons. The van der Waals surface area contributed by atoms with Gasteiger partial charge in [-0.25, -0.2) is 0 Å². The Balaban J connectivity index is 1.50. The van der Waals surface area contributed by atoms with Crippen LogP contribution in [0.1, 0.15) is 40.4 Å². The zero-order chi connectivity index (χ0) is 26.2. The maximum absolute atomic E-state index is 13.4. The highest BCUT2D eigenvalue weighted by atomic mass is 32.2. The molecule has 4 rings (SSSR count). The molecule has 37 heavy (non-hydrogen) atoms. The molecule has 1 heterocycles. The molecule has 8 heteroatoms. The number of rotatable bonds is 9. The van der Waals surface area contributed by atoms with E-state index in [4.69, 9.17) is 12.2 Å². The molecule has 1 aliphatic heterocycles. The maximum atomic E-state index is 13.4. The number of nitrogens with one attached hydrogen (secondary N) is 3. The number of amides is 3. The monoisotopic (exact) mass is 529 g/mol. The Morgan fingerprint density at radius 2 is 1.70 bits per heavy atom. The van der Waals surface area contributed by atoms with Crippen molar-refractivity contribution in [1.82, 2.24) is 10.6 Å². The number of aryl methyl sites for hydroxylation is 1. The summed E-state index contributed by atoms with van der Waals surface area (Å²) in [7, 11) is 0. The van der Waals surface area contributed by atoms with Crippen molar-refractivity contribution in [3.05, 3.63) is 106 Å². The molecule has 0 aliphatic carbocycles. The van der Waals surface area contributed by atoms with Gasteiger partial charge in [0.1, 0.15) is 10.4 Å². The van der Waals surface area contributed by atoms with E-state index in [0.717, 1.165) is 35.2 Å². The molecule has 0 aromatic heterocycles. The molecule has 1 saturated heterocycles. The van der Waals surface area contributed by atoms with Crippen molar-refractivity contribution < 1.29 is 14.4 Å². The summed E-state index contributed by atoms with van der Waals surface area (Å²) in [6, 6.07) is 23.4. The number of carbonyl (C=O) groups excluding carboxylic acids is 3. The second kappa shape index (κ2) is 12.5. The molecule has 3 amide bonds. The van der Waals surface area contributed by atoms with Gasteiger partial charge >= 0.3 is 0 Å². The lowest BCUT2D eigenvalue weighted by atomic mass is 10.0. The fraction of sp³-hybridized carbons (Fsp3) is 0.172. The number of thioether (sulfide) groups is 1. The lowest BCUT2D eigenvalue weighted by Gasteiger charge is -2.20. The van der Waals surface area contributed by atoms with Gasteiger partial charge in [0.15, 0.2) is 0 Å². The van der Waals surface area contributed by atoms with Gasteiger partial charge in [-0.05, 0) is 47.4 Å². The third kappa shape index (κ3) is 7.15. The van der Waals surface area contributed by atoms with E-state index in [0.29, 0.717) is 21.2 Å². The van der Waals surface area contributed by atoms with E-state index in [1.54, 1.807) is 30.3 Å². The van der Waals surface area contributed by atoms with Gasteiger partial charge in [-0.3, -0.25) is 14.4 Å². The molecule has 1 atom stereocenters. The zero-order valence-corrected chi connectivity index (χ0v) is 22.0. The van der Waals surface area contributed by atoms with Crippen LogP contribution >= 0.6 is 24.0 Å². The number of para-hydroxylation sites is 1. The number of thiocarbonyl (C=S) groups is 1. The highest BCUT2D eigenvalue weighted by Gasteiger charge is 2.24. The Bertz CT molecular complexity index is 1340. The summed E-state index contributed by atoms with van der Waals surface area (Å²) in [4.78, 5) is 38.9. The van der Waals surface area contributed by atoms with E-state index < -0.39 is 6.04 Å². The van der Waals surface area contributed by atoms with Gasteiger partial charge in [0, 0.05) is 17.7 Å². The number of benzene rings is 3. The molecule has 0 spiro atoms. The third-order valence-corrected chi connectivity index (χ3v) is 6.97. The molecule has 6 nitrogen and oxygen atoms in total. The Hall–Kier alpha value is -3.75. The topological polar surface area (TPSA) is 87.3 Å². The molecule has 0 radical (unpaired) electrons. The number of anilines is 1. The summed E-state index contributed by atoms with van der Waals surface area (Å²) in [5.74, 6) is -0.860. The second-order valence-corrected chi connectivity index (χ2v) is 10.3. The van der Waals surface area contributed by atoms with Gasteiger partial charge in [0.2, 0.25) is 5.91 Å². The lowest BCUT2D eigenvalue weighted by molar-refractivity contribution is -0.118. The van der Waals surface area contributed by atoms with E-state index in [1.165, 1.54) is 11.8 Å². The van der Waals surface area contributed by atoms with Crippen molar-refractivity contribution in [3.63, 3.8) is 0 Å². The molecular weight excluding hydrogens is 502 g/mol. The van der Waals surface area contributed by atoms with E-state index in [1.807, 2.05) is 54.6 Å². The summed E-state index contributed by atoms with van der Waals surface area (Å²) in [6.07, 6.45) is 3.88. The summed E-state index contributed by atoms with van der Waals surface area (Å²) < 4.78 is 0.423. The highest BCUT2D eigenvalue weighted by Crippen LogP contribution is 2.26. The summed E-state index contributed by atoms with van der Waals surface area (Å²) >= 11 is 6.22. The Labute approximate surface area is 225 Å². The van der Waals surface area contributed by atoms with E-state index in [2.05, 4.69) is 22.9 Å². The fourth-order valence-electron chi connectivity index (χ4n) is 3.95. The summed E-state index contributed by atoms with van der Waals surface area (Å²) in [5.41, 5.74) is 3.94. The molecule has 3 aromatic carbocycles. The Morgan fingerprint density at radius 3 is 2.38 bits per heavy atom. The van der Waals surface area contributed by atoms with Crippen LogP contribution in [0.4, 0.5) is 5.69 Å². The van der Waals surface area contributed by atoms with Crippen molar-refractivity contribution in [2.75, 3.05) is 5.32 Å². The third-order valence-electron chi connectivity index (χ3n) is 5.81. The minimum Gasteiger partial charge on any atom is -0.340 e. The summed E-state index contributed by atoms with van der Waals surface area (Å²) in [5, 5.41) is 8.51. The van der Waals surface area contributed by atoms with Gasteiger partial charge in [0.25, 0.3) is 11.8 Å². The average molecular weight is 530 g/mol. The fourth-order valence-corrected chi connectivity index (χ4v) is 5.00. The minimum atomic E-state index is -0.772. The molecule has 3 aromatic rings. The summed E-state index contributed by atoms with van der Waals surface area (Å²) in [6.45, 7) is 2.09. The van der Waals surface area contributed by atoms with Gasteiger partial charge in [-0.1, -0.05) is 98.0 Å². The van der Waals surface area contributed by atoms with E-state index in [-0.39, 0.29) is 17.7 Å². The Kier molecular flexibility index (Phi) is 8.87. The Morgan fingerprint density at radius 1 is 1.00 bits per heavy atom. The zero-order valence-electron chi connectivity index (χ0n) is 20.3. The lowest BCUT2D eigenvalue weighted by Crippen LogP contribution is -2.45. The molecular formula is C29H27N3O3S2. The van der Waals surface area contributed by atoms with Crippen LogP contribution in [0.2, 0.25) is 0 Å². The van der Waals surface area contributed by atoms with Gasteiger partial charge in [-0.15, -0.1) is 0 Å². The van der Waals surface area contributed by atoms with E-state index in [9.17, 15) is 14.4 Å². The second-order valence-electron chi connectivity index (χ2n) is 8.59. The van der Waals surface area contributed by atoms with Crippen molar-refractivity contribution in [3.8, 4) is 0 Å². The SMILES string of the molecule is CCCc1ccccc1NC(=O)[C@H](Cc1ccccc1)NC(=O)c1ccc(/C=C2\SC(=S)NC2=O)cc1. The smallest absolute Gasteiger partial charge is 0.263 e. The van der Waals surface area contributed by atoms with Crippen LogP contribution in [-0.2, 0) is 22.4 Å². The van der Waals surface area contributed by atoms with E-state index >= 15 is 0 Å². The van der Waals surface area contributed by atoms with Crippen molar-refractivity contribution in [1.29, 1.82) is 0 Å². The normalized spacial score (nSPS) is 14.8. The average Bonchev–Trinajstić information content (AvgIpc) is 3.22. The van der Waals surface area contributed by atoms with Crippen LogP contribution in [-0.4, -0.2) is 28.1 Å². The van der Waals surface area contributed by atoms with Crippen LogP contribution in [0.25, 0.3) is 6.08 Å². The first-order valence-corrected chi connectivity index (χ1v) is 13.2. The van der Waals surface area contributed by atoms with Gasteiger partial charge in [0.05, 0.1) is 4.91 Å². The molecule has 0 bridgehead atoms. The van der Waals surface area contributed by atoms with Crippen LogP contribution in [0.5, 0.6) is 0 Å². The first-order valence-electron chi connectivity index (χ1n) is 12.0. The molecule has 0 unspecified atom stereocenters. The standard InChI is InChI=1S/C29H27N3O3S2/c1-2-8-21-11-6-7-12-23(21)30-27(34)24(17-19-9-4-3-5-10-19)31-26(33)22-15-13-20(14-16-22)18-25-28(35)32-29(36)37-25/h3-7,9-16,18,24H,2,8,17H2,1H3,(H,30,34)(H,31,33)(H,32,35,36)/b25-18-/t24-/m0/s1. The largest absolute Gasteiger partial charge is 0.340 e. The van der Waals surface area contributed by atoms with Crippen LogP contribution in [0.3, 0.4) is 0 Å².